The lowest BCUT2D eigenvalue weighted by Gasteiger charge is -2.10. The number of amides is 1. The third-order valence-corrected chi connectivity index (χ3v) is 3.08. The first-order chi connectivity index (χ1) is 10.2. The maximum atomic E-state index is 11.7. The van der Waals surface area contributed by atoms with Crippen LogP contribution in [-0.4, -0.2) is 17.4 Å². The monoisotopic (exact) mass is 281 g/mol. The van der Waals surface area contributed by atoms with Gasteiger partial charge in [-0.05, 0) is 30.2 Å². The van der Waals surface area contributed by atoms with Crippen LogP contribution in [0.4, 0.5) is 11.4 Å². The molecule has 0 aliphatic carbocycles. The minimum atomic E-state index is -0.199. The first kappa shape index (κ1) is 14.8. The summed E-state index contributed by atoms with van der Waals surface area (Å²) in [5.41, 5.74) is 3.55. The van der Waals surface area contributed by atoms with Crippen molar-refractivity contribution < 1.29 is 4.79 Å². The van der Waals surface area contributed by atoms with Crippen LogP contribution in [0.1, 0.15) is 23.0 Å². The quantitative estimate of drug-likeness (QED) is 0.799. The second-order valence-corrected chi connectivity index (χ2v) is 4.57. The summed E-state index contributed by atoms with van der Waals surface area (Å²) in [4.78, 5) is 15.9. The predicted molar refractivity (Wildman–Crippen MR) is 85.9 cm³/mol. The Morgan fingerprint density at radius 1 is 1.29 bits per heavy atom. The lowest BCUT2D eigenvalue weighted by molar-refractivity contribution is 0.0953. The van der Waals surface area contributed by atoms with E-state index in [0.29, 0.717) is 12.2 Å². The molecule has 0 spiro atoms. The van der Waals surface area contributed by atoms with Crippen molar-refractivity contribution in [1.29, 1.82) is 0 Å². The first-order valence-electron chi connectivity index (χ1n) is 6.94. The Bertz CT molecular complexity index is 620. The molecule has 108 valence electrons. The van der Waals surface area contributed by atoms with Gasteiger partial charge < -0.3 is 10.6 Å². The fourth-order valence-corrected chi connectivity index (χ4v) is 1.96. The number of hydrogen-bond acceptors (Lipinski definition) is 3. The fourth-order valence-electron chi connectivity index (χ4n) is 1.96. The van der Waals surface area contributed by atoms with E-state index in [1.807, 2.05) is 24.3 Å². The number of aromatic nitrogens is 1. The zero-order chi connectivity index (χ0) is 15.1. The molecule has 1 aromatic carbocycles. The average molecular weight is 281 g/mol. The highest BCUT2D eigenvalue weighted by Crippen LogP contribution is 2.20. The Morgan fingerprint density at radius 2 is 2.10 bits per heavy atom. The molecule has 0 unspecified atom stereocenters. The maximum absolute atomic E-state index is 11.7. The number of aryl methyl sites for hydroxylation is 1. The van der Waals surface area contributed by atoms with Crippen molar-refractivity contribution in [1.82, 2.24) is 10.3 Å². The summed E-state index contributed by atoms with van der Waals surface area (Å²) in [6.07, 6.45) is 4.25. The van der Waals surface area contributed by atoms with Gasteiger partial charge in [-0.25, -0.2) is 4.98 Å². The highest BCUT2D eigenvalue weighted by atomic mass is 16.1. The molecule has 1 amide bonds. The van der Waals surface area contributed by atoms with Crippen molar-refractivity contribution >= 4 is 17.3 Å². The van der Waals surface area contributed by atoms with Crippen molar-refractivity contribution in [3.05, 3.63) is 66.5 Å². The summed E-state index contributed by atoms with van der Waals surface area (Å²) in [6.45, 7) is 6.11. The lowest BCUT2D eigenvalue weighted by Crippen LogP contribution is -2.24. The van der Waals surface area contributed by atoms with E-state index in [4.69, 9.17) is 0 Å². The number of rotatable bonds is 6. The van der Waals surface area contributed by atoms with Crippen molar-refractivity contribution in [3.63, 3.8) is 0 Å². The summed E-state index contributed by atoms with van der Waals surface area (Å²) in [5, 5.41) is 6.02. The van der Waals surface area contributed by atoms with Gasteiger partial charge in [-0.15, -0.1) is 6.58 Å². The van der Waals surface area contributed by atoms with Crippen molar-refractivity contribution in [2.45, 2.75) is 13.3 Å². The van der Waals surface area contributed by atoms with Gasteiger partial charge >= 0.3 is 0 Å². The Morgan fingerprint density at radius 3 is 2.76 bits per heavy atom. The Kier molecular flexibility index (Phi) is 5.10. The molecule has 0 saturated carbocycles. The van der Waals surface area contributed by atoms with Crippen molar-refractivity contribution in [3.8, 4) is 0 Å². The SMILES string of the molecule is C=CCNC(=O)c1ccc(Nc2ccccc2CC)cn1. The number of nitrogens with one attached hydrogen (secondary N) is 2. The molecule has 0 fully saturated rings. The maximum Gasteiger partial charge on any atom is 0.270 e. The topological polar surface area (TPSA) is 54.0 Å². The van der Waals surface area contributed by atoms with Gasteiger partial charge in [0, 0.05) is 12.2 Å². The largest absolute Gasteiger partial charge is 0.354 e. The highest BCUT2D eigenvalue weighted by molar-refractivity contribution is 5.92. The third kappa shape index (κ3) is 3.92. The Labute approximate surface area is 124 Å². The molecule has 2 aromatic rings. The van der Waals surface area contributed by atoms with E-state index in [2.05, 4.69) is 35.2 Å². The van der Waals surface area contributed by atoms with Gasteiger partial charge in [-0.1, -0.05) is 31.2 Å². The van der Waals surface area contributed by atoms with Crippen LogP contribution < -0.4 is 10.6 Å². The molecular formula is C17H19N3O. The van der Waals surface area contributed by atoms with Gasteiger partial charge in [0.05, 0.1) is 11.9 Å². The van der Waals surface area contributed by atoms with Gasteiger partial charge in [0.25, 0.3) is 5.91 Å². The van der Waals surface area contributed by atoms with Gasteiger partial charge in [0.1, 0.15) is 5.69 Å². The smallest absolute Gasteiger partial charge is 0.270 e. The summed E-state index contributed by atoms with van der Waals surface area (Å²) < 4.78 is 0. The van der Waals surface area contributed by atoms with Crippen LogP contribution in [0.15, 0.2) is 55.3 Å². The summed E-state index contributed by atoms with van der Waals surface area (Å²) >= 11 is 0. The van der Waals surface area contributed by atoms with E-state index in [0.717, 1.165) is 17.8 Å². The minimum absolute atomic E-state index is 0.199. The zero-order valence-electron chi connectivity index (χ0n) is 12.1. The Hall–Kier alpha value is -2.62. The molecule has 0 radical (unpaired) electrons. The van der Waals surface area contributed by atoms with E-state index in [1.165, 1.54) is 5.56 Å². The van der Waals surface area contributed by atoms with Crippen molar-refractivity contribution in [2.75, 3.05) is 11.9 Å². The average Bonchev–Trinajstić information content (AvgIpc) is 2.54. The molecule has 4 nitrogen and oxygen atoms in total. The number of carbonyl (C=O) groups is 1. The second-order valence-electron chi connectivity index (χ2n) is 4.57. The third-order valence-electron chi connectivity index (χ3n) is 3.08. The molecule has 1 aromatic heterocycles. The van der Waals surface area contributed by atoms with Crippen LogP contribution in [0, 0.1) is 0 Å². The number of para-hydroxylation sites is 1. The molecule has 0 aliphatic heterocycles. The molecule has 21 heavy (non-hydrogen) atoms. The van der Waals surface area contributed by atoms with E-state index in [9.17, 15) is 4.79 Å². The van der Waals surface area contributed by atoms with E-state index in [-0.39, 0.29) is 5.91 Å². The van der Waals surface area contributed by atoms with Crippen LogP contribution in [0.5, 0.6) is 0 Å². The summed E-state index contributed by atoms with van der Waals surface area (Å²) in [5.74, 6) is -0.199. The first-order valence-corrected chi connectivity index (χ1v) is 6.94. The number of pyridine rings is 1. The van der Waals surface area contributed by atoms with Gasteiger partial charge in [0.15, 0.2) is 0 Å². The predicted octanol–water partition coefficient (Wildman–Crippen LogP) is 3.30. The standard InChI is InChI=1S/C17H19N3O/c1-3-11-18-17(21)16-10-9-14(12-19-16)20-15-8-6-5-7-13(15)4-2/h3,5-10,12,20H,1,4,11H2,2H3,(H,18,21). The lowest BCUT2D eigenvalue weighted by atomic mass is 10.1. The van der Waals surface area contributed by atoms with Gasteiger partial charge in [0.2, 0.25) is 0 Å². The number of anilines is 2. The Balaban J connectivity index is 2.09. The number of hydrogen-bond donors (Lipinski definition) is 2. The van der Waals surface area contributed by atoms with Crippen LogP contribution in [-0.2, 0) is 6.42 Å². The highest BCUT2D eigenvalue weighted by Gasteiger charge is 2.06. The number of nitrogens with zero attached hydrogens (tertiary/aromatic N) is 1. The minimum Gasteiger partial charge on any atom is -0.354 e. The van der Waals surface area contributed by atoms with Crippen LogP contribution in [0.2, 0.25) is 0 Å². The summed E-state index contributed by atoms with van der Waals surface area (Å²) in [6, 6.07) is 11.7. The van der Waals surface area contributed by atoms with E-state index >= 15 is 0 Å². The fraction of sp³-hybridized carbons (Fsp3) is 0.176. The van der Waals surface area contributed by atoms with E-state index in [1.54, 1.807) is 18.3 Å². The van der Waals surface area contributed by atoms with Crippen LogP contribution in [0.25, 0.3) is 0 Å². The zero-order valence-corrected chi connectivity index (χ0v) is 12.1. The van der Waals surface area contributed by atoms with Crippen molar-refractivity contribution in [2.24, 2.45) is 0 Å². The van der Waals surface area contributed by atoms with Gasteiger partial charge in [-0.3, -0.25) is 4.79 Å². The molecule has 2 N–H and O–H groups in total. The number of benzene rings is 1. The summed E-state index contributed by atoms with van der Waals surface area (Å²) in [7, 11) is 0. The number of carbonyl (C=O) groups excluding carboxylic acids is 1. The molecular weight excluding hydrogens is 262 g/mol. The van der Waals surface area contributed by atoms with Gasteiger partial charge in [-0.2, -0.15) is 0 Å². The van der Waals surface area contributed by atoms with Crippen LogP contribution >= 0.6 is 0 Å². The molecule has 0 bridgehead atoms. The normalized spacial score (nSPS) is 9.95. The van der Waals surface area contributed by atoms with E-state index < -0.39 is 0 Å². The molecule has 0 saturated heterocycles. The van der Waals surface area contributed by atoms with Crippen LogP contribution in [0.3, 0.4) is 0 Å². The molecule has 2 rings (SSSR count). The molecule has 4 heteroatoms. The molecule has 0 aliphatic rings. The molecule has 0 atom stereocenters. The molecule has 1 heterocycles. The second kappa shape index (κ2) is 7.24.